The first-order valence-electron chi connectivity index (χ1n) is 4.00. The van der Waals surface area contributed by atoms with Crippen molar-refractivity contribution in [2.45, 2.75) is 12.5 Å². The van der Waals surface area contributed by atoms with Crippen LogP contribution in [0.25, 0.3) is 0 Å². The molecule has 0 aliphatic heterocycles. The molecule has 0 bridgehead atoms. The summed E-state index contributed by atoms with van der Waals surface area (Å²) in [6.07, 6.45) is 0.423. The van der Waals surface area contributed by atoms with E-state index >= 15 is 0 Å². The molecule has 0 aliphatic rings. The summed E-state index contributed by atoms with van der Waals surface area (Å²) in [5.41, 5.74) is 0.888. The van der Waals surface area contributed by atoms with Crippen LogP contribution in [0, 0.1) is 25.0 Å². The van der Waals surface area contributed by atoms with Gasteiger partial charge in [0, 0.05) is 0 Å². The van der Waals surface area contributed by atoms with Gasteiger partial charge in [-0.15, -0.1) is 0 Å². The molecule has 1 aromatic carbocycles. The molecule has 76 valence electrons. The van der Waals surface area contributed by atoms with Crippen molar-refractivity contribution in [1.29, 1.82) is 0 Å². The number of aliphatic carboxylic acids is 1. The molecule has 0 unspecified atom stereocenters. The van der Waals surface area contributed by atoms with Gasteiger partial charge in [0.1, 0.15) is 0 Å². The van der Waals surface area contributed by atoms with Gasteiger partial charge in [-0.2, -0.15) is 0 Å². The molecule has 5 heteroatoms. The van der Waals surface area contributed by atoms with Crippen LogP contribution in [0.15, 0.2) is 24.3 Å². The Balaban J connectivity index is 2.67. The van der Waals surface area contributed by atoms with Crippen LogP contribution in [0.3, 0.4) is 0 Å². The molecule has 14 heavy (non-hydrogen) atoms. The van der Waals surface area contributed by atoms with Gasteiger partial charge in [-0.1, -0.05) is 0 Å². The number of nitrogens with one attached hydrogen (secondary N) is 1. The van der Waals surface area contributed by atoms with Crippen molar-refractivity contribution in [2.75, 3.05) is 0 Å². The number of rotatable bonds is 4. The van der Waals surface area contributed by atoms with Gasteiger partial charge in [-0.05, 0) is 0 Å². The van der Waals surface area contributed by atoms with E-state index in [1.54, 1.807) is 24.3 Å². The fourth-order valence-electron chi connectivity index (χ4n) is 1.04. The fourth-order valence-corrected chi connectivity index (χ4v) is 1.70. The zero-order chi connectivity index (χ0) is 10.6. The molecule has 0 aliphatic carbocycles. The van der Waals surface area contributed by atoms with Gasteiger partial charge >= 0.3 is 97.3 Å². The number of benzene rings is 1. The average Bonchev–Trinajstić information content (AvgIpc) is 2.16. The third-order valence-electron chi connectivity index (χ3n) is 1.81. The summed E-state index contributed by atoms with van der Waals surface area (Å²) in [5.74, 6) is -0.672. The third kappa shape index (κ3) is 3.24. The summed E-state index contributed by atoms with van der Waals surface area (Å²) in [5, 5.41) is 17.8. The number of hydrogen-bond acceptors (Lipinski definition) is 3. The van der Waals surface area contributed by atoms with Crippen LogP contribution in [0.4, 0.5) is 0 Å². The zero-order valence-corrected chi connectivity index (χ0v) is 10.2. The predicted octanol–water partition coefficient (Wildman–Crippen LogP) is 0.442. The van der Waals surface area contributed by atoms with E-state index in [0.29, 0.717) is 6.42 Å². The second-order valence-electron chi connectivity index (χ2n) is 2.87. The Morgan fingerprint density at radius 3 is 2.43 bits per heavy atom. The van der Waals surface area contributed by atoms with Crippen LogP contribution in [-0.4, -0.2) is 22.2 Å². The summed E-state index contributed by atoms with van der Waals surface area (Å²) in [7, 11) is 0. The number of carboxylic acid groups (broad SMARTS) is 1. The molecule has 0 saturated carbocycles. The van der Waals surface area contributed by atoms with Crippen LogP contribution in [-0.2, 0) is 11.2 Å². The maximum absolute atomic E-state index is 10.7. The summed E-state index contributed by atoms with van der Waals surface area (Å²) >= 11 is 1.23. The first kappa shape index (κ1) is 11.4. The monoisotopic (exact) mass is 390 g/mol. The Labute approximate surface area is 97.2 Å². The zero-order valence-electron chi connectivity index (χ0n) is 7.27. The molecule has 1 rings (SSSR count). The van der Waals surface area contributed by atoms with Crippen LogP contribution in [0.5, 0.6) is 5.75 Å². The molecule has 0 radical (unpaired) electrons. The molecule has 1 aromatic rings. The van der Waals surface area contributed by atoms with Gasteiger partial charge in [-0.25, -0.2) is 0 Å². The Hall–Kier alpha value is -0.667. The Morgan fingerprint density at radius 2 is 2.00 bits per heavy atom. The molecule has 0 amide bonds. The summed E-state index contributed by atoms with van der Waals surface area (Å²) in [4.78, 5) is 10.7. The summed E-state index contributed by atoms with van der Waals surface area (Å²) in [6, 6.07) is 5.98. The van der Waals surface area contributed by atoms with Gasteiger partial charge < -0.3 is 0 Å². The van der Waals surface area contributed by atoms with Crippen molar-refractivity contribution in [1.82, 2.24) is 3.26 Å². The summed E-state index contributed by atoms with van der Waals surface area (Å²) in [6.45, 7) is 0. The molecule has 0 fully saturated rings. The molecule has 0 spiro atoms. The van der Waals surface area contributed by atoms with Crippen molar-refractivity contribution in [3.63, 3.8) is 0 Å². The van der Waals surface area contributed by atoms with E-state index in [-0.39, 0.29) is 5.75 Å². The van der Waals surface area contributed by atoms with E-state index in [1.807, 2.05) is 0 Å². The second-order valence-corrected chi connectivity index (χ2v) is 3.72. The third-order valence-corrected chi connectivity index (χ3v) is 2.83. The van der Waals surface area contributed by atoms with Crippen molar-refractivity contribution < 1.29 is 40.0 Å². The molecule has 1 atom stereocenters. The van der Waals surface area contributed by atoms with Crippen molar-refractivity contribution >= 4 is 5.97 Å². The molecule has 0 heterocycles. The minimum absolute atomic E-state index is 0.189. The topological polar surface area (TPSA) is 69.6 Å². The maximum atomic E-state index is 10.7. The number of carboxylic acids is 1. The van der Waals surface area contributed by atoms with Crippen LogP contribution < -0.4 is 3.26 Å². The van der Waals surface area contributed by atoms with Gasteiger partial charge in [0.05, 0.1) is 0 Å². The molecular weight excluding hydrogens is 380 g/mol. The van der Waals surface area contributed by atoms with E-state index in [9.17, 15) is 4.79 Å². The SMILES string of the molecule is O=C(O)[C@H](Cc1ccc(O)cc1)N[At]. The Kier molecular flexibility index (Phi) is 4.30. The quantitative estimate of drug-likeness (QED) is 0.698. The van der Waals surface area contributed by atoms with E-state index < -0.39 is 12.0 Å². The average molecular weight is 390 g/mol. The van der Waals surface area contributed by atoms with Crippen LogP contribution in [0.2, 0.25) is 0 Å². The summed E-state index contributed by atoms with van der Waals surface area (Å²) < 4.78 is 2.76. The molecule has 4 nitrogen and oxygen atoms in total. The van der Waals surface area contributed by atoms with Crippen molar-refractivity contribution in [2.24, 2.45) is 0 Å². The van der Waals surface area contributed by atoms with Crippen LogP contribution in [0.1, 0.15) is 5.56 Å². The first-order chi connectivity index (χ1) is 6.63. The normalized spacial score (nSPS) is 12.4. The van der Waals surface area contributed by atoms with E-state index in [1.165, 1.54) is 25.0 Å². The Morgan fingerprint density at radius 1 is 1.43 bits per heavy atom. The molecule has 0 aromatic heterocycles. The van der Waals surface area contributed by atoms with Crippen molar-refractivity contribution in [3.05, 3.63) is 29.8 Å². The van der Waals surface area contributed by atoms with Gasteiger partial charge in [0.15, 0.2) is 0 Å². The fraction of sp³-hybridized carbons (Fsp3) is 0.222. The van der Waals surface area contributed by atoms with E-state index in [0.717, 1.165) is 5.56 Å². The predicted molar refractivity (Wildman–Crippen MR) is 46.4 cm³/mol. The number of carbonyl (C=O) groups is 1. The first-order valence-corrected chi connectivity index (χ1v) is 5.47. The molecule has 0 saturated heterocycles. The number of hydrogen-bond donors (Lipinski definition) is 3. The number of aromatic hydroxyl groups is 1. The van der Waals surface area contributed by atoms with Crippen LogP contribution >= 0.6 is 0 Å². The van der Waals surface area contributed by atoms with Crippen molar-refractivity contribution in [3.8, 4) is 5.75 Å². The van der Waals surface area contributed by atoms with E-state index in [4.69, 9.17) is 10.2 Å². The van der Waals surface area contributed by atoms with E-state index in [2.05, 4.69) is 3.26 Å². The molecule has 3 N–H and O–H groups in total. The van der Waals surface area contributed by atoms with Gasteiger partial charge in [0.25, 0.3) is 0 Å². The minimum atomic E-state index is -0.861. The number of phenolic OH excluding ortho intramolecular Hbond substituents is 1. The van der Waals surface area contributed by atoms with Gasteiger partial charge in [0.2, 0.25) is 0 Å². The standard InChI is InChI=1S/C9H10AtNO3/c10-11-8(9(13)14)5-6-1-3-7(12)4-2-6/h1-4,8,11-12H,5H2,(H,13,14)/t8-/m0/s1. The molecular formula is C9H10AtNO3. The number of phenols is 1. The Bertz CT molecular complexity index is 312. The van der Waals surface area contributed by atoms with Gasteiger partial charge in [-0.3, -0.25) is 0 Å². The second kappa shape index (κ2) is 5.27.